The molecule has 2 rings (SSSR count). The molecular formula is C15H16FNO. The first-order valence-corrected chi connectivity index (χ1v) is 5.86. The molecule has 0 aliphatic rings. The highest BCUT2D eigenvalue weighted by molar-refractivity contribution is 5.49. The van der Waals surface area contributed by atoms with Gasteiger partial charge < -0.3 is 10.0 Å². The standard InChI is InChI=1S/C15H16FNO/c1-11(14-9-8-12(16)10-15(14)18)17(2)13-6-4-3-5-7-13/h3-11,18H,1-2H3. The number of hydrogen-bond donors (Lipinski definition) is 1. The van der Waals surface area contributed by atoms with E-state index in [1.807, 2.05) is 49.2 Å². The fraction of sp³-hybridized carbons (Fsp3) is 0.200. The maximum atomic E-state index is 13.0. The lowest BCUT2D eigenvalue weighted by Gasteiger charge is -2.27. The molecule has 1 atom stereocenters. The van der Waals surface area contributed by atoms with Crippen LogP contribution in [-0.2, 0) is 0 Å². The van der Waals surface area contributed by atoms with Crippen LogP contribution >= 0.6 is 0 Å². The Bertz CT molecular complexity index is 527. The predicted octanol–water partition coefficient (Wildman–Crippen LogP) is 3.73. The van der Waals surface area contributed by atoms with Crippen LogP contribution in [0.1, 0.15) is 18.5 Å². The molecule has 0 fully saturated rings. The SMILES string of the molecule is CC(c1ccc(F)cc1O)N(C)c1ccccc1. The summed E-state index contributed by atoms with van der Waals surface area (Å²) in [5.41, 5.74) is 1.76. The van der Waals surface area contributed by atoms with Crippen molar-refractivity contribution >= 4 is 5.69 Å². The second kappa shape index (κ2) is 5.08. The zero-order valence-electron chi connectivity index (χ0n) is 10.5. The third-order valence-electron chi connectivity index (χ3n) is 3.19. The number of nitrogens with zero attached hydrogens (tertiary/aromatic N) is 1. The van der Waals surface area contributed by atoms with Crippen LogP contribution in [0.15, 0.2) is 48.5 Å². The average molecular weight is 245 g/mol. The number of phenolic OH excluding ortho intramolecular Hbond substituents is 1. The van der Waals surface area contributed by atoms with Crippen LogP contribution < -0.4 is 4.90 Å². The van der Waals surface area contributed by atoms with Gasteiger partial charge in [-0.1, -0.05) is 24.3 Å². The molecule has 0 aliphatic heterocycles. The highest BCUT2D eigenvalue weighted by Crippen LogP contribution is 2.30. The van der Waals surface area contributed by atoms with Gasteiger partial charge in [-0.05, 0) is 25.1 Å². The van der Waals surface area contributed by atoms with Gasteiger partial charge in [-0.15, -0.1) is 0 Å². The van der Waals surface area contributed by atoms with Gasteiger partial charge in [-0.2, -0.15) is 0 Å². The second-order valence-corrected chi connectivity index (χ2v) is 4.33. The first-order valence-electron chi connectivity index (χ1n) is 5.86. The lowest BCUT2D eigenvalue weighted by Crippen LogP contribution is -2.21. The highest BCUT2D eigenvalue weighted by Gasteiger charge is 2.16. The smallest absolute Gasteiger partial charge is 0.126 e. The first kappa shape index (κ1) is 12.4. The van der Waals surface area contributed by atoms with Crippen LogP contribution in [0.3, 0.4) is 0 Å². The molecule has 0 amide bonds. The third kappa shape index (κ3) is 2.45. The molecule has 0 aromatic heterocycles. The van der Waals surface area contributed by atoms with Crippen LogP contribution in [0, 0.1) is 5.82 Å². The summed E-state index contributed by atoms with van der Waals surface area (Å²) in [4.78, 5) is 2.03. The van der Waals surface area contributed by atoms with E-state index in [-0.39, 0.29) is 11.8 Å². The van der Waals surface area contributed by atoms with Crippen molar-refractivity contribution in [1.82, 2.24) is 0 Å². The Morgan fingerprint density at radius 3 is 2.39 bits per heavy atom. The molecule has 1 N–H and O–H groups in total. The van der Waals surface area contributed by atoms with E-state index in [4.69, 9.17) is 0 Å². The Labute approximate surface area is 106 Å². The van der Waals surface area contributed by atoms with Crippen molar-refractivity contribution in [1.29, 1.82) is 0 Å². The number of hydrogen-bond acceptors (Lipinski definition) is 2. The summed E-state index contributed by atoms with van der Waals surface area (Å²) in [6, 6.07) is 14.0. The number of aromatic hydroxyl groups is 1. The van der Waals surface area contributed by atoms with Gasteiger partial charge in [0.25, 0.3) is 0 Å². The molecule has 2 nitrogen and oxygen atoms in total. The molecule has 0 saturated carbocycles. The van der Waals surface area contributed by atoms with Crippen molar-refractivity contribution in [2.24, 2.45) is 0 Å². The molecule has 0 radical (unpaired) electrons. The Morgan fingerprint density at radius 2 is 1.78 bits per heavy atom. The molecule has 0 heterocycles. The number of halogens is 1. The molecule has 0 saturated heterocycles. The second-order valence-electron chi connectivity index (χ2n) is 4.33. The van der Waals surface area contributed by atoms with Gasteiger partial charge in [0, 0.05) is 24.4 Å². The zero-order chi connectivity index (χ0) is 13.1. The normalized spacial score (nSPS) is 12.2. The van der Waals surface area contributed by atoms with Gasteiger partial charge in [-0.25, -0.2) is 4.39 Å². The van der Waals surface area contributed by atoms with E-state index < -0.39 is 5.82 Å². The summed E-state index contributed by atoms with van der Waals surface area (Å²) in [6.45, 7) is 1.97. The Morgan fingerprint density at radius 1 is 1.11 bits per heavy atom. The monoisotopic (exact) mass is 245 g/mol. The van der Waals surface area contributed by atoms with E-state index in [9.17, 15) is 9.50 Å². The third-order valence-corrected chi connectivity index (χ3v) is 3.19. The van der Waals surface area contributed by atoms with Gasteiger partial charge >= 0.3 is 0 Å². The van der Waals surface area contributed by atoms with Crippen molar-refractivity contribution in [2.75, 3.05) is 11.9 Å². The fourth-order valence-electron chi connectivity index (χ4n) is 1.97. The number of rotatable bonds is 3. The topological polar surface area (TPSA) is 23.5 Å². The minimum Gasteiger partial charge on any atom is -0.507 e. The predicted molar refractivity (Wildman–Crippen MR) is 71.3 cm³/mol. The largest absolute Gasteiger partial charge is 0.507 e. The maximum absolute atomic E-state index is 13.0. The van der Waals surface area contributed by atoms with Crippen LogP contribution in [0.4, 0.5) is 10.1 Å². The molecule has 2 aromatic rings. The van der Waals surface area contributed by atoms with Crippen LogP contribution in [0.25, 0.3) is 0 Å². The Hall–Kier alpha value is -2.03. The number of para-hydroxylation sites is 1. The molecule has 94 valence electrons. The van der Waals surface area contributed by atoms with Crippen molar-refractivity contribution in [2.45, 2.75) is 13.0 Å². The van der Waals surface area contributed by atoms with E-state index >= 15 is 0 Å². The number of benzene rings is 2. The summed E-state index contributed by atoms with van der Waals surface area (Å²) in [5, 5.41) is 9.79. The van der Waals surface area contributed by atoms with E-state index in [0.717, 1.165) is 11.8 Å². The average Bonchev–Trinajstić information content (AvgIpc) is 2.38. The van der Waals surface area contributed by atoms with Gasteiger partial charge in [0.2, 0.25) is 0 Å². The van der Waals surface area contributed by atoms with Crippen LogP contribution in [0.5, 0.6) is 5.75 Å². The molecule has 0 bridgehead atoms. The van der Waals surface area contributed by atoms with Gasteiger partial charge in [0.1, 0.15) is 11.6 Å². The Balaban J connectivity index is 2.28. The van der Waals surface area contributed by atoms with Crippen molar-refractivity contribution in [3.63, 3.8) is 0 Å². The molecule has 2 aromatic carbocycles. The van der Waals surface area contributed by atoms with Gasteiger partial charge in [0.05, 0.1) is 6.04 Å². The quantitative estimate of drug-likeness (QED) is 0.890. The van der Waals surface area contributed by atoms with Crippen molar-refractivity contribution in [3.8, 4) is 5.75 Å². The van der Waals surface area contributed by atoms with E-state index in [1.165, 1.54) is 6.07 Å². The highest BCUT2D eigenvalue weighted by atomic mass is 19.1. The lowest BCUT2D eigenvalue weighted by atomic mass is 10.1. The van der Waals surface area contributed by atoms with Gasteiger partial charge in [0.15, 0.2) is 0 Å². The molecule has 0 aliphatic carbocycles. The Kier molecular flexibility index (Phi) is 3.51. The fourth-order valence-corrected chi connectivity index (χ4v) is 1.97. The van der Waals surface area contributed by atoms with E-state index in [1.54, 1.807) is 6.07 Å². The molecule has 0 spiro atoms. The van der Waals surface area contributed by atoms with Crippen molar-refractivity contribution < 1.29 is 9.50 Å². The summed E-state index contributed by atoms with van der Waals surface area (Å²) in [5.74, 6) is -0.434. The lowest BCUT2D eigenvalue weighted by molar-refractivity contribution is 0.456. The van der Waals surface area contributed by atoms with E-state index in [0.29, 0.717) is 5.56 Å². The molecule has 1 unspecified atom stereocenters. The summed E-state index contributed by atoms with van der Waals surface area (Å²) < 4.78 is 13.0. The van der Waals surface area contributed by atoms with Crippen LogP contribution in [0.2, 0.25) is 0 Å². The van der Waals surface area contributed by atoms with Crippen molar-refractivity contribution in [3.05, 3.63) is 59.9 Å². The summed E-state index contributed by atoms with van der Waals surface area (Å²) >= 11 is 0. The minimum atomic E-state index is -0.425. The molecule has 18 heavy (non-hydrogen) atoms. The number of anilines is 1. The van der Waals surface area contributed by atoms with E-state index in [2.05, 4.69) is 0 Å². The summed E-state index contributed by atoms with van der Waals surface area (Å²) in [7, 11) is 1.95. The van der Waals surface area contributed by atoms with Crippen LogP contribution in [-0.4, -0.2) is 12.2 Å². The minimum absolute atomic E-state index is 0.00900. The van der Waals surface area contributed by atoms with Gasteiger partial charge in [-0.3, -0.25) is 0 Å². The summed E-state index contributed by atoms with van der Waals surface area (Å²) in [6.07, 6.45) is 0. The maximum Gasteiger partial charge on any atom is 0.126 e. The zero-order valence-corrected chi connectivity index (χ0v) is 10.5. The molecule has 3 heteroatoms. The first-order chi connectivity index (χ1) is 8.59. The number of phenols is 1. The molecular weight excluding hydrogens is 229 g/mol.